The van der Waals surface area contributed by atoms with E-state index >= 15 is 0 Å². The van der Waals surface area contributed by atoms with Gasteiger partial charge in [0.1, 0.15) is 0 Å². The first-order chi connectivity index (χ1) is 8.27. The zero-order valence-corrected chi connectivity index (χ0v) is 11.9. The minimum absolute atomic E-state index is 0.508. The van der Waals surface area contributed by atoms with Crippen molar-refractivity contribution in [2.24, 2.45) is 5.92 Å². The molecular weight excluding hydrogens is 226 g/mol. The Bertz CT molecular complexity index is 299. The molecule has 1 aliphatic rings. The molecule has 1 N–H and O–H groups in total. The van der Waals surface area contributed by atoms with Gasteiger partial charge in [0.25, 0.3) is 0 Å². The molecule has 0 bridgehead atoms. The number of hydrogen-bond donors (Lipinski definition) is 1. The summed E-state index contributed by atoms with van der Waals surface area (Å²) in [7, 11) is 0. The summed E-state index contributed by atoms with van der Waals surface area (Å²) in [6, 6.07) is 5.55. The first-order valence-corrected chi connectivity index (χ1v) is 7.95. The Morgan fingerprint density at radius 3 is 2.47 bits per heavy atom. The van der Waals surface area contributed by atoms with Crippen LogP contribution in [0, 0.1) is 5.92 Å². The van der Waals surface area contributed by atoms with Gasteiger partial charge >= 0.3 is 0 Å². The van der Waals surface area contributed by atoms with Crippen molar-refractivity contribution in [3.8, 4) is 0 Å². The van der Waals surface area contributed by atoms with Gasteiger partial charge in [0.15, 0.2) is 0 Å². The average molecular weight is 251 g/mol. The van der Waals surface area contributed by atoms with Crippen LogP contribution in [-0.2, 0) is 0 Å². The molecular formula is C15H25NS. The van der Waals surface area contributed by atoms with Crippen LogP contribution in [0.15, 0.2) is 17.5 Å². The van der Waals surface area contributed by atoms with Gasteiger partial charge in [-0.05, 0) is 44.1 Å². The summed E-state index contributed by atoms with van der Waals surface area (Å²) >= 11 is 1.86. The quantitative estimate of drug-likeness (QED) is 0.761. The molecule has 0 aromatic carbocycles. The van der Waals surface area contributed by atoms with Crippen LogP contribution in [0.25, 0.3) is 0 Å². The molecule has 0 amide bonds. The van der Waals surface area contributed by atoms with Crippen LogP contribution in [0.4, 0.5) is 0 Å². The van der Waals surface area contributed by atoms with Crippen LogP contribution in [-0.4, -0.2) is 6.04 Å². The third kappa shape index (κ3) is 3.82. The Kier molecular flexibility index (Phi) is 5.05. The van der Waals surface area contributed by atoms with Crippen molar-refractivity contribution in [2.45, 2.75) is 64.5 Å². The summed E-state index contributed by atoms with van der Waals surface area (Å²) in [5.74, 6) is 0.889. The van der Waals surface area contributed by atoms with Gasteiger partial charge in [-0.2, -0.15) is 0 Å². The van der Waals surface area contributed by atoms with Gasteiger partial charge in [0.05, 0.1) is 0 Å². The minimum Gasteiger partial charge on any atom is -0.307 e. The molecule has 1 aliphatic carbocycles. The lowest BCUT2D eigenvalue weighted by Gasteiger charge is -2.26. The molecule has 1 saturated carbocycles. The second kappa shape index (κ2) is 6.55. The Balaban J connectivity index is 1.85. The van der Waals surface area contributed by atoms with Crippen molar-refractivity contribution < 1.29 is 0 Å². The molecule has 1 aromatic rings. The average Bonchev–Trinajstić information content (AvgIpc) is 2.71. The van der Waals surface area contributed by atoms with E-state index in [1.54, 1.807) is 0 Å². The van der Waals surface area contributed by atoms with Crippen molar-refractivity contribution in [3.63, 3.8) is 0 Å². The molecule has 1 heterocycles. The fourth-order valence-electron chi connectivity index (χ4n) is 2.96. The normalized spacial score (nSPS) is 22.0. The molecule has 1 aromatic heterocycles. The number of hydrogen-bond acceptors (Lipinski definition) is 2. The summed E-state index contributed by atoms with van der Waals surface area (Å²) < 4.78 is 0. The topological polar surface area (TPSA) is 12.0 Å². The number of thiophene rings is 1. The van der Waals surface area contributed by atoms with Gasteiger partial charge in [-0.3, -0.25) is 0 Å². The van der Waals surface area contributed by atoms with E-state index in [1.165, 1.54) is 43.4 Å². The van der Waals surface area contributed by atoms with Gasteiger partial charge in [0.2, 0.25) is 0 Å². The molecule has 0 radical (unpaired) electrons. The maximum Gasteiger partial charge on any atom is 0.0388 e. The molecule has 1 unspecified atom stereocenters. The molecule has 17 heavy (non-hydrogen) atoms. The molecule has 2 heteroatoms. The van der Waals surface area contributed by atoms with Gasteiger partial charge in [-0.25, -0.2) is 0 Å². The Morgan fingerprint density at radius 2 is 1.88 bits per heavy atom. The highest BCUT2D eigenvalue weighted by atomic mass is 32.1. The highest BCUT2D eigenvalue weighted by molar-refractivity contribution is 7.10. The maximum absolute atomic E-state index is 3.79. The van der Waals surface area contributed by atoms with E-state index in [9.17, 15) is 0 Å². The summed E-state index contributed by atoms with van der Waals surface area (Å²) in [4.78, 5) is 1.46. The van der Waals surface area contributed by atoms with Crippen molar-refractivity contribution in [1.82, 2.24) is 5.32 Å². The van der Waals surface area contributed by atoms with Crippen molar-refractivity contribution in [3.05, 3.63) is 22.4 Å². The zero-order chi connectivity index (χ0) is 12.1. The van der Waals surface area contributed by atoms with E-state index < -0.39 is 0 Å². The number of rotatable bonds is 4. The first-order valence-electron chi connectivity index (χ1n) is 7.07. The summed E-state index contributed by atoms with van der Waals surface area (Å²) in [5.41, 5.74) is 0. The van der Waals surface area contributed by atoms with Gasteiger partial charge in [-0.1, -0.05) is 31.7 Å². The van der Waals surface area contributed by atoms with Crippen LogP contribution in [0.5, 0.6) is 0 Å². The fraction of sp³-hybridized carbons (Fsp3) is 0.733. The number of nitrogens with one attached hydrogen (secondary N) is 1. The SMILES string of the molecule is CC(N[C@H](C)C1CCCCCC1)c1cccs1. The van der Waals surface area contributed by atoms with E-state index in [2.05, 4.69) is 36.7 Å². The van der Waals surface area contributed by atoms with Gasteiger partial charge in [-0.15, -0.1) is 11.3 Å². The summed E-state index contributed by atoms with van der Waals surface area (Å²) in [6.07, 6.45) is 8.61. The van der Waals surface area contributed by atoms with Crippen LogP contribution in [0.1, 0.15) is 63.3 Å². The molecule has 96 valence electrons. The predicted molar refractivity (Wildman–Crippen MR) is 76.5 cm³/mol. The van der Waals surface area contributed by atoms with E-state index in [0.717, 1.165) is 5.92 Å². The lowest BCUT2D eigenvalue weighted by Crippen LogP contribution is -2.35. The summed E-state index contributed by atoms with van der Waals surface area (Å²) in [5, 5.41) is 5.96. The largest absolute Gasteiger partial charge is 0.307 e. The van der Waals surface area contributed by atoms with E-state index in [-0.39, 0.29) is 0 Å². The van der Waals surface area contributed by atoms with E-state index in [4.69, 9.17) is 0 Å². The lowest BCUT2D eigenvalue weighted by atomic mass is 9.92. The molecule has 0 aliphatic heterocycles. The third-order valence-electron chi connectivity index (χ3n) is 4.09. The Hall–Kier alpha value is -0.340. The highest BCUT2D eigenvalue weighted by Gasteiger charge is 2.20. The van der Waals surface area contributed by atoms with E-state index in [1.807, 2.05) is 11.3 Å². The zero-order valence-electron chi connectivity index (χ0n) is 11.1. The third-order valence-corrected chi connectivity index (χ3v) is 5.14. The fourth-order valence-corrected chi connectivity index (χ4v) is 3.70. The lowest BCUT2D eigenvalue weighted by molar-refractivity contribution is 0.318. The van der Waals surface area contributed by atoms with Crippen LogP contribution < -0.4 is 5.32 Å². The monoisotopic (exact) mass is 251 g/mol. The van der Waals surface area contributed by atoms with Crippen molar-refractivity contribution >= 4 is 11.3 Å². The van der Waals surface area contributed by atoms with Crippen LogP contribution in [0.2, 0.25) is 0 Å². The first kappa shape index (κ1) is 13.1. The molecule has 2 atom stereocenters. The molecule has 0 saturated heterocycles. The van der Waals surface area contributed by atoms with E-state index in [0.29, 0.717) is 12.1 Å². The van der Waals surface area contributed by atoms with Crippen LogP contribution in [0.3, 0.4) is 0 Å². The molecule has 1 fully saturated rings. The smallest absolute Gasteiger partial charge is 0.0388 e. The molecule has 2 rings (SSSR count). The minimum atomic E-state index is 0.508. The van der Waals surface area contributed by atoms with Gasteiger partial charge in [0, 0.05) is 17.0 Å². The maximum atomic E-state index is 3.79. The second-order valence-corrected chi connectivity index (χ2v) is 6.42. The van der Waals surface area contributed by atoms with Crippen molar-refractivity contribution in [1.29, 1.82) is 0 Å². The molecule has 1 nitrogen and oxygen atoms in total. The predicted octanol–water partition coefficient (Wildman–Crippen LogP) is 4.76. The highest BCUT2D eigenvalue weighted by Crippen LogP contribution is 2.27. The standard InChI is InChI=1S/C15H25NS/c1-12(14-8-5-3-4-6-9-14)16-13(2)15-10-7-11-17-15/h7,10-14,16H,3-6,8-9H2,1-2H3/t12-,13?/m1/s1. The Labute approximate surface area is 110 Å². The molecule has 0 spiro atoms. The summed E-state index contributed by atoms with van der Waals surface area (Å²) in [6.45, 7) is 4.67. The van der Waals surface area contributed by atoms with Gasteiger partial charge < -0.3 is 5.32 Å². The van der Waals surface area contributed by atoms with Crippen molar-refractivity contribution in [2.75, 3.05) is 0 Å². The Morgan fingerprint density at radius 1 is 1.18 bits per heavy atom. The van der Waals surface area contributed by atoms with Crippen LogP contribution >= 0.6 is 11.3 Å². The second-order valence-electron chi connectivity index (χ2n) is 5.44.